The Labute approximate surface area is 125 Å². The topological polar surface area (TPSA) is 43.4 Å². The number of ether oxygens (including phenoxy) is 1. The largest absolute Gasteiger partial charge is 0.465 e. The molecule has 1 aromatic carbocycles. The molecule has 0 spiro atoms. The van der Waals surface area contributed by atoms with Gasteiger partial charge in [0.1, 0.15) is 5.82 Å². The second-order valence-electron chi connectivity index (χ2n) is 4.64. The molecule has 0 N–H and O–H groups in total. The average Bonchev–Trinajstić information content (AvgIpc) is 2.62. The van der Waals surface area contributed by atoms with Gasteiger partial charge in [0.15, 0.2) is 5.78 Å². The van der Waals surface area contributed by atoms with Crippen molar-refractivity contribution in [3.63, 3.8) is 0 Å². The maximum absolute atomic E-state index is 13.3. The summed E-state index contributed by atoms with van der Waals surface area (Å²) in [6.45, 7) is 0. The van der Waals surface area contributed by atoms with Crippen LogP contribution in [0, 0.1) is 5.82 Å². The highest BCUT2D eigenvalue weighted by molar-refractivity contribution is 8.03. The van der Waals surface area contributed by atoms with Crippen molar-refractivity contribution in [3.8, 4) is 0 Å². The second-order valence-corrected chi connectivity index (χ2v) is 5.72. The molecule has 3 nitrogen and oxygen atoms in total. The van der Waals surface area contributed by atoms with Crippen LogP contribution in [0.4, 0.5) is 4.39 Å². The lowest BCUT2D eigenvalue weighted by atomic mass is 9.99. The molecule has 0 saturated heterocycles. The summed E-state index contributed by atoms with van der Waals surface area (Å²) in [5, 5.41) is 0. The number of rotatable bonds is 1. The molecule has 1 aliphatic carbocycles. The number of esters is 1. The van der Waals surface area contributed by atoms with Crippen molar-refractivity contribution in [2.45, 2.75) is 11.3 Å². The van der Waals surface area contributed by atoms with Crippen molar-refractivity contribution in [1.82, 2.24) is 0 Å². The maximum atomic E-state index is 13.3. The molecule has 0 fully saturated rings. The van der Waals surface area contributed by atoms with E-state index < -0.39 is 11.8 Å². The van der Waals surface area contributed by atoms with Gasteiger partial charge in [-0.1, -0.05) is 17.8 Å². The number of ketones is 1. The monoisotopic (exact) mass is 302 g/mol. The van der Waals surface area contributed by atoms with Crippen LogP contribution in [0.2, 0.25) is 0 Å². The Kier molecular flexibility index (Phi) is 3.51. The van der Waals surface area contributed by atoms with Crippen molar-refractivity contribution in [3.05, 3.63) is 63.9 Å². The highest BCUT2D eigenvalue weighted by atomic mass is 32.2. The lowest BCUT2D eigenvalue weighted by molar-refractivity contribution is -0.135. The zero-order valence-electron chi connectivity index (χ0n) is 11.2. The van der Waals surface area contributed by atoms with E-state index in [-0.39, 0.29) is 5.78 Å². The highest BCUT2D eigenvalue weighted by Gasteiger charge is 2.23. The van der Waals surface area contributed by atoms with Crippen LogP contribution < -0.4 is 0 Å². The zero-order chi connectivity index (χ0) is 15.0. The zero-order valence-corrected chi connectivity index (χ0v) is 12.0. The Morgan fingerprint density at radius 2 is 2.14 bits per heavy atom. The summed E-state index contributed by atoms with van der Waals surface area (Å²) in [5.74, 6) is -1.06. The number of halogens is 1. The Morgan fingerprint density at radius 1 is 1.33 bits per heavy atom. The fourth-order valence-electron chi connectivity index (χ4n) is 2.24. The van der Waals surface area contributed by atoms with Crippen LogP contribution in [-0.2, 0) is 9.53 Å². The lowest BCUT2D eigenvalue weighted by Crippen LogP contribution is -2.06. The summed E-state index contributed by atoms with van der Waals surface area (Å²) < 4.78 is 18.0. The summed E-state index contributed by atoms with van der Waals surface area (Å²) >= 11 is 1.36. The third-order valence-electron chi connectivity index (χ3n) is 3.30. The predicted molar refractivity (Wildman–Crippen MR) is 77.5 cm³/mol. The normalized spacial score (nSPS) is 16.9. The van der Waals surface area contributed by atoms with Gasteiger partial charge in [-0.25, -0.2) is 9.18 Å². The standard InChI is InChI=1S/C16H11FO3S/c1-20-16(19)10-3-2-9-6-13(18)12-8-11(17)4-5-14(12)21-15(9)7-10/h3-8H,2H2,1H3. The third-order valence-corrected chi connectivity index (χ3v) is 4.47. The fraction of sp³-hybridized carbons (Fsp3) is 0.125. The highest BCUT2D eigenvalue weighted by Crippen LogP contribution is 2.41. The summed E-state index contributed by atoms with van der Waals surface area (Å²) in [5.41, 5.74) is 1.65. The van der Waals surface area contributed by atoms with Gasteiger partial charge in [-0.05, 0) is 42.3 Å². The first-order valence-electron chi connectivity index (χ1n) is 6.31. The van der Waals surface area contributed by atoms with E-state index in [1.807, 2.05) is 0 Å². The van der Waals surface area contributed by atoms with Crippen LogP contribution in [0.25, 0.3) is 0 Å². The number of benzene rings is 1. The molecule has 0 saturated carbocycles. The molecular formula is C16H11FO3S. The van der Waals surface area contributed by atoms with Crippen molar-refractivity contribution in [1.29, 1.82) is 0 Å². The summed E-state index contributed by atoms with van der Waals surface area (Å²) in [4.78, 5) is 25.3. The number of carbonyl (C=O) groups excluding carboxylic acids is 2. The molecule has 1 heterocycles. The van der Waals surface area contributed by atoms with Crippen molar-refractivity contribution in [2.75, 3.05) is 7.11 Å². The van der Waals surface area contributed by atoms with Crippen LogP contribution in [-0.4, -0.2) is 18.9 Å². The van der Waals surface area contributed by atoms with E-state index in [9.17, 15) is 14.0 Å². The number of fused-ring (bicyclic) bond motifs is 2. The molecule has 0 radical (unpaired) electrons. The Bertz CT molecular complexity index is 744. The minimum absolute atomic E-state index is 0.217. The number of carbonyl (C=O) groups is 2. The van der Waals surface area contributed by atoms with Crippen molar-refractivity contribution < 1.29 is 18.7 Å². The SMILES string of the molecule is COC(=O)C1=CCC2=CC(=O)c3cc(F)ccc3SC2=C1. The molecule has 0 bridgehead atoms. The molecule has 5 heteroatoms. The molecule has 106 valence electrons. The molecule has 0 atom stereocenters. The van der Waals surface area contributed by atoms with Gasteiger partial charge in [-0.3, -0.25) is 4.79 Å². The van der Waals surface area contributed by atoms with E-state index >= 15 is 0 Å². The van der Waals surface area contributed by atoms with Crippen molar-refractivity contribution >= 4 is 23.5 Å². The van der Waals surface area contributed by atoms with Crippen LogP contribution in [0.15, 0.2) is 57.4 Å². The van der Waals surface area contributed by atoms with Crippen LogP contribution in [0.3, 0.4) is 0 Å². The Balaban J connectivity index is 2.05. The van der Waals surface area contributed by atoms with E-state index in [0.717, 1.165) is 10.5 Å². The molecule has 0 unspecified atom stereocenters. The maximum Gasteiger partial charge on any atom is 0.337 e. The predicted octanol–water partition coefficient (Wildman–Crippen LogP) is 3.43. The number of hydrogen-bond acceptors (Lipinski definition) is 4. The average molecular weight is 302 g/mol. The third kappa shape index (κ3) is 2.56. The molecule has 3 rings (SSSR count). The lowest BCUT2D eigenvalue weighted by Gasteiger charge is -2.14. The van der Waals surface area contributed by atoms with Gasteiger partial charge in [0, 0.05) is 15.4 Å². The quantitative estimate of drug-likeness (QED) is 0.746. The van der Waals surface area contributed by atoms with Gasteiger partial charge in [0.05, 0.1) is 12.7 Å². The van der Waals surface area contributed by atoms with Crippen molar-refractivity contribution in [2.24, 2.45) is 0 Å². The minimum atomic E-state index is -0.437. The molecule has 1 aromatic rings. The molecule has 0 aromatic heterocycles. The van der Waals surface area contributed by atoms with Gasteiger partial charge in [0.2, 0.25) is 0 Å². The first-order valence-corrected chi connectivity index (χ1v) is 7.13. The first-order chi connectivity index (χ1) is 10.1. The molecule has 1 aliphatic heterocycles. The van der Waals surface area contributed by atoms with Gasteiger partial charge in [-0.2, -0.15) is 0 Å². The van der Waals surface area contributed by atoms with E-state index in [0.29, 0.717) is 22.5 Å². The number of allylic oxidation sites excluding steroid dienone is 3. The number of thioether (sulfide) groups is 1. The first kappa shape index (κ1) is 13.8. The fourth-order valence-corrected chi connectivity index (χ4v) is 3.34. The van der Waals surface area contributed by atoms with Gasteiger partial charge in [0.25, 0.3) is 0 Å². The van der Waals surface area contributed by atoms with E-state index in [2.05, 4.69) is 0 Å². The summed E-state index contributed by atoms with van der Waals surface area (Å²) in [7, 11) is 1.33. The van der Waals surface area contributed by atoms with E-state index in [1.165, 1.54) is 37.1 Å². The molecule has 0 amide bonds. The van der Waals surface area contributed by atoms with Crippen LogP contribution >= 0.6 is 11.8 Å². The van der Waals surface area contributed by atoms with E-state index in [1.54, 1.807) is 18.2 Å². The Morgan fingerprint density at radius 3 is 2.90 bits per heavy atom. The molecular weight excluding hydrogens is 291 g/mol. The van der Waals surface area contributed by atoms with Gasteiger partial charge < -0.3 is 4.74 Å². The van der Waals surface area contributed by atoms with Gasteiger partial charge in [-0.15, -0.1) is 0 Å². The molecule has 2 aliphatic rings. The minimum Gasteiger partial charge on any atom is -0.465 e. The number of hydrogen-bond donors (Lipinski definition) is 0. The van der Waals surface area contributed by atoms with Crippen LogP contribution in [0.5, 0.6) is 0 Å². The summed E-state index contributed by atoms with van der Waals surface area (Å²) in [6.07, 6.45) is 5.42. The Hall–Kier alpha value is -2.14. The van der Waals surface area contributed by atoms with Crippen LogP contribution in [0.1, 0.15) is 16.8 Å². The smallest absolute Gasteiger partial charge is 0.337 e. The summed E-state index contributed by atoms with van der Waals surface area (Å²) in [6, 6.07) is 4.15. The van der Waals surface area contributed by atoms with Gasteiger partial charge >= 0.3 is 5.97 Å². The molecule has 21 heavy (non-hydrogen) atoms. The number of methoxy groups -OCH3 is 1. The second kappa shape index (κ2) is 5.33. The van der Waals surface area contributed by atoms with E-state index in [4.69, 9.17) is 4.74 Å².